The fourth-order valence-corrected chi connectivity index (χ4v) is 3.24. The summed E-state index contributed by atoms with van der Waals surface area (Å²) in [7, 11) is 0.365. The predicted molar refractivity (Wildman–Crippen MR) is 45.6 cm³/mol. The molecule has 1 saturated heterocycles. The lowest BCUT2D eigenvalue weighted by Gasteiger charge is -2.36. The minimum atomic E-state index is 0.365. The van der Waals surface area contributed by atoms with Crippen LogP contribution in [0.15, 0.2) is 0 Å². The van der Waals surface area contributed by atoms with Crippen LogP contribution >= 0.6 is 7.92 Å². The molecule has 0 aromatic heterocycles. The van der Waals surface area contributed by atoms with Gasteiger partial charge in [0.05, 0.1) is 0 Å². The summed E-state index contributed by atoms with van der Waals surface area (Å²) in [5.41, 5.74) is 0. The largest absolute Gasteiger partial charge is 0.104 e. The van der Waals surface area contributed by atoms with Crippen molar-refractivity contribution in [2.75, 3.05) is 12.8 Å². The van der Waals surface area contributed by atoms with E-state index in [0.29, 0.717) is 13.1 Å². The average molecular weight is 144 g/mol. The zero-order chi connectivity index (χ0) is 6.91. The molecule has 0 aliphatic carbocycles. The molecule has 0 N–H and O–H groups in total. The van der Waals surface area contributed by atoms with Crippen LogP contribution in [-0.2, 0) is 0 Å². The van der Waals surface area contributed by atoms with Gasteiger partial charge in [0.1, 0.15) is 0 Å². The Labute approximate surface area is 59.8 Å². The second kappa shape index (κ2) is 2.58. The van der Waals surface area contributed by atoms with Gasteiger partial charge in [0, 0.05) is 0 Å². The van der Waals surface area contributed by atoms with Crippen LogP contribution in [0.1, 0.15) is 33.1 Å². The Bertz CT molecular complexity index is 96.7. The van der Waals surface area contributed by atoms with E-state index in [4.69, 9.17) is 0 Å². The maximum Gasteiger partial charge on any atom is -0.0153 e. The van der Waals surface area contributed by atoms with Crippen LogP contribution in [0.5, 0.6) is 0 Å². The Kier molecular flexibility index (Phi) is 2.16. The number of rotatable bonds is 0. The Morgan fingerprint density at radius 3 is 2.22 bits per heavy atom. The SMILES string of the molecule is CP1CCCCC1(C)C. The van der Waals surface area contributed by atoms with Crippen LogP contribution in [0.2, 0.25) is 0 Å². The molecule has 9 heavy (non-hydrogen) atoms. The van der Waals surface area contributed by atoms with E-state index in [-0.39, 0.29) is 0 Å². The first-order valence-corrected chi connectivity index (χ1v) is 5.81. The lowest BCUT2D eigenvalue weighted by atomic mass is 10.1. The van der Waals surface area contributed by atoms with Crippen LogP contribution in [0.25, 0.3) is 0 Å². The second-order valence-electron chi connectivity index (χ2n) is 3.69. The summed E-state index contributed by atoms with van der Waals surface area (Å²) in [5.74, 6) is 0. The highest BCUT2D eigenvalue weighted by atomic mass is 31.1. The van der Waals surface area contributed by atoms with Gasteiger partial charge < -0.3 is 0 Å². The van der Waals surface area contributed by atoms with Crippen molar-refractivity contribution in [3.05, 3.63) is 0 Å². The summed E-state index contributed by atoms with van der Waals surface area (Å²) in [6.07, 6.45) is 5.95. The molecule has 0 nitrogen and oxygen atoms in total. The number of hydrogen-bond acceptors (Lipinski definition) is 0. The van der Waals surface area contributed by atoms with Gasteiger partial charge in [0.25, 0.3) is 0 Å². The summed E-state index contributed by atoms with van der Waals surface area (Å²) >= 11 is 0. The van der Waals surface area contributed by atoms with Crippen molar-refractivity contribution in [2.24, 2.45) is 0 Å². The van der Waals surface area contributed by atoms with Crippen molar-refractivity contribution in [3.63, 3.8) is 0 Å². The molecule has 1 fully saturated rings. The zero-order valence-electron chi connectivity index (χ0n) is 6.78. The lowest BCUT2D eigenvalue weighted by Crippen LogP contribution is -2.22. The van der Waals surface area contributed by atoms with Crippen LogP contribution < -0.4 is 0 Å². The molecule has 0 amide bonds. The van der Waals surface area contributed by atoms with E-state index < -0.39 is 0 Å². The van der Waals surface area contributed by atoms with Gasteiger partial charge in [-0.1, -0.05) is 20.3 Å². The van der Waals surface area contributed by atoms with Crippen LogP contribution in [0.3, 0.4) is 0 Å². The van der Waals surface area contributed by atoms with Crippen LogP contribution in [-0.4, -0.2) is 18.0 Å². The Hall–Kier alpha value is 0.430. The third-order valence-corrected chi connectivity index (χ3v) is 5.84. The average Bonchev–Trinajstić information content (AvgIpc) is 1.77. The fourth-order valence-electron chi connectivity index (χ4n) is 1.40. The van der Waals surface area contributed by atoms with Gasteiger partial charge >= 0.3 is 0 Å². The van der Waals surface area contributed by atoms with Gasteiger partial charge in [-0.2, -0.15) is 0 Å². The molecule has 0 radical (unpaired) electrons. The molecule has 1 atom stereocenters. The summed E-state index contributed by atoms with van der Waals surface area (Å²) in [5, 5.41) is 0.702. The molecule has 0 aromatic carbocycles. The maximum absolute atomic E-state index is 2.45. The third kappa shape index (κ3) is 1.67. The van der Waals surface area contributed by atoms with Crippen molar-refractivity contribution < 1.29 is 0 Å². The molecule has 0 saturated carbocycles. The minimum Gasteiger partial charge on any atom is -0.104 e. The van der Waals surface area contributed by atoms with Crippen molar-refractivity contribution in [2.45, 2.75) is 38.3 Å². The molecule has 1 rings (SSSR count). The normalized spacial score (nSPS) is 34.3. The molecule has 1 aliphatic heterocycles. The van der Waals surface area contributed by atoms with Gasteiger partial charge in [-0.15, -0.1) is 7.92 Å². The van der Waals surface area contributed by atoms with Gasteiger partial charge in [0.2, 0.25) is 0 Å². The van der Waals surface area contributed by atoms with Crippen molar-refractivity contribution in [1.29, 1.82) is 0 Å². The highest BCUT2D eigenvalue weighted by Gasteiger charge is 2.27. The smallest absolute Gasteiger partial charge is 0.0153 e. The van der Waals surface area contributed by atoms with E-state index in [2.05, 4.69) is 20.5 Å². The van der Waals surface area contributed by atoms with E-state index in [1.165, 1.54) is 25.4 Å². The van der Waals surface area contributed by atoms with E-state index in [1.807, 2.05) is 0 Å². The van der Waals surface area contributed by atoms with Gasteiger partial charge in [0.15, 0.2) is 0 Å². The van der Waals surface area contributed by atoms with Gasteiger partial charge in [-0.3, -0.25) is 0 Å². The van der Waals surface area contributed by atoms with E-state index in [0.717, 1.165) is 0 Å². The number of hydrogen-bond donors (Lipinski definition) is 0. The highest BCUT2D eigenvalue weighted by Crippen LogP contribution is 2.52. The van der Waals surface area contributed by atoms with Crippen LogP contribution in [0, 0.1) is 0 Å². The molecular weight excluding hydrogens is 127 g/mol. The molecule has 1 aliphatic rings. The van der Waals surface area contributed by atoms with Crippen molar-refractivity contribution in [1.82, 2.24) is 0 Å². The molecule has 0 aromatic rings. The monoisotopic (exact) mass is 144 g/mol. The van der Waals surface area contributed by atoms with E-state index in [1.54, 1.807) is 0 Å². The van der Waals surface area contributed by atoms with Crippen molar-refractivity contribution >= 4 is 7.92 Å². The second-order valence-corrected chi connectivity index (χ2v) is 6.74. The maximum atomic E-state index is 2.45. The summed E-state index contributed by atoms with van der Waals surface area (Å²) < 4.78 is 0. The molecule has 1 unspecified atom stereocenters. The standard InChI is InChI=1S/C8H17P/c1-8(2)6-4-5-7-9(8)3/h4-7H2,1-3H3. The highest BCUT2D eigenvalue weighted by molar-refractivity contribution is 7.58. The Balaban J connectivity index is 2.49. The first-order chi connectivity index (χ1) is 4.13. The van der Waals surface area contributed by atoms with Crippen molar-refractivity contribution in [3.8, 4) is 0 Å². The molecule has 1 heterocycles. The first kappa shape index (κ1) is 7.54. The van der Waals surface area contributed by atoms with E-state index in [9.17, 15) is 0 Å². The minimum absolute atomic E-state index is 0.365. The van der Waals surface area contributed by atoms with Gasteiger partial charge in [-0.05, 0) is 30.8 Å². The zero-order valence-corrected chi connectivity index (χ0v) is 7.67. The topological polar surface area (TPSA) is 0 Å². The van der Waals surface area contributed by atoms with Gasteiger partial charge in [-0.25, -0.2) is 0 Å². The Morgan fingerprint density at radius 2 is 1.89 bits per heavy atom. The lowest BCUT2D eigenvalue weighted by molar-refractivity contribution is 0.560. The summed E-state index contributed by atoms with van der Waals surface area (Å²) in [6.45, 7) is 7.31. The van der Waals surface area contributed by atoms with Crippen LogP contribution in [0.4, 0.5) is 0 Å². The summed E-state index contributed by atoms with van der Waals surface area (Å²) in [4.78, 5) is 0. The Morgan fingerprint density at radius 1 is 1.22 bits per heavy atom. The molecule has 0 spiro atoms. The molecule has 54 valence electrons. The van der Waals surface area contributed by atoms with E-state index >= 15 is 0 Å². The molecular formula is C8H17P. The fraction of sp³-hybridized carbons (Fsp3) is 1.00. The molecule has 0 bridgehead atoms. The predicted octanol–water partition coefficient (Wildman–Crippen LogP) is 3.06. The third-order valence-electron chi connectivity index (χ3n) is 2.57. The quantitative estimate of drug-likeness (QED) is 0.458. The summed E-state index contributed by atoms with van der Waals surface area (Å²) in [6, 6.07) is 0. The first-order valence-electron chi connectivity index (χ1n) is 3.84. The molecule has 1 heteroatoms.